The van der Waals surface area contributed by atoms with Gasteiger partial charge in [-0.25, -0.2) is 0 Å². The minimum Gasteiger partial charge on any atom is -0.497 e. The largest absolute Gasteiger partial charge is 0.497 e. The summed E-state index contributed by atoms with van der Waals surface area (Å²) >= 11 is 0. The number of nitrogens with one attached hydrogen (secondary N) is 1. The van der Waals surface area contributed by atoms with E-state index < -0.39 is 0 Å². The van der Waals surface area contributed by atoms with Gasteiger partial charge in [0.25, 0.3) is 0 Å². The van der Waals surface area contributed by atoms with Crippen LogP contribution in [0.3, 0.4) is 0 Å². The highest BCUT2D eigenvalue weighted by Crippen LogP contribution is 2.31. The fraction of sp³-hybridized carbons (Fsp3) is 0.300. The number of hydrogen-bond donors (Lipinski definition) is 1. The van der Waals surface area contributed by atoms with E-state index in [1.165, 1.54) is 33.3 Å². The average Bonchev–Trinajstić information content (AvgIpc) is 2.75. The number of hydrogen-bond acceptors (Lipinski definition) is 2. The van der Waals surface area contributed by atoms with Gasteiger partial charge in [-0.15, -0.1) is 0 Å². The zero-order valence-corrected chi connectivity index (χ0v) is 13.7. The molecule has 1 aromatic heterocycles. The third kappa shape index (κ3) is 2.51. The van der Waals surface area contributed by atoms with Crippen molar-refractivity contribution in [3.05, 3.63) is 53.7 Å². The second-order valence-electron chi connectivity index (χ2n) is 6.24. The average molecular weight is 306 g/mol. The van der Waals surface area contributed by atoms with Crippen molar-refractivity contribution >= 4 is 10.9 Å². The van der Waals surface area contributed by atoms with Crippen LogP contribution in [0.15, 0.2) is 42.5 Å². The lowest BCUT2D eigenvalue weighted by Gasteiger charge is -2.10. The molecule has 0 saturated heterocycles. The van der Waals surface area contributed by atoms with Crippen molar-refractivity contribution in [1.29, 1.82) is 0 Å². The number of fused-ring (bicyclic) bond motifs is 3. The summed E-state index contributed by atoms with van der Waals surface area (Å²) in [7, 11) is 1.71. The molecular weight excluding hydrogens is 284 g/mol. The molecule has 0 radical (unpaired) electrons. The van der Waals surface area contributed by atoms with Gasteiger partial charge in [-0.3, -0.25) is 0 Å². The van der Waals surface area contributed by atoms with Crippen LogP contribution in [0.25, 0.3) is 22.0 Å². The van der Waals surface area contributed by atoms with E-state index in [0.717, 1.165) is 31.8 Å². The fourth-order valence-corrected chi connectivity index (χ4v) is 3.59. The van der Waals surface area contributed by atoms with E-state index >= 15 is 0 Å². The van der Waals surface area contributed by atoms with Crippen LogP contribution in [0.5, 0.6) is 5.75 Å². The Balaban J connectivity index is 1.80. The maximum atomic E-state index is 5.31. The molecule has 1 aliphatic rings. The normalized spacial score (nSPS) is 14.5. The first kappa shape index (κ1) is 14.3. The van der Waals surface area contributed by atoms with Crippen molar-refractivity contribution in [3.8, 4) is 16.9 Å². The topological polar surface area (TPSA) is 26.2 Å². The van der Waals surface area contributed by atoms with E-state index in [1.54, 1.807) is 7.11 Å². The number of methoxy groups -OCH3 is 1. The highest BCUT2D eigenvalue weighted by Gasteiger charge is 2.12. The van der Waals surface area contributed by atoms with Crippen molar-refractivity contribution in [1.82, 2.24) is 9.88 Å². The molecule has 3 nitrogen and oxygen atoms in total. The Morgan fingerprint density at radius 1 is 1.04 bits per heavy atom. The predicted octanol–water partition coefficient (Wildman–Crippen LogP) is 3.77. The van der Waals surface area contributed by atoms with Gasteiger partial charge in [0.15, 0.2) is 0 Å². The number of ether oxygens (including phenoxy) is 1. The van der Waals surface area contributed by atoms with Crippen molar-refractivity contribution in [2.24, 2.45) is 0 Å². The monoisotopic (exact) mass is 306 g/mol. The molecule has 2 heterocycles. The summed E-state index contributed by atoms with van der Waals surface area (Å²) < 4.78 is 7.77. The Bertz CT molecular complexity index is 863. The van der Waals surface area contributed by atoms with Crippen LogP contribution in [0, 0.1) is 6.92 Å². The molecule has 0 spiro atoms. The number of aryl methyl sites for hydroxylation is 1. The van der Waals surface area contributed by atoms with Gasteiger partial charge >= 0.3 is 0 Å². The fourth-order valence-electron chi connectivity index (χ4n) is 3.59. The molecule has 0 bridgehead atoms. The van der Waals surface area contributed by atoms with Crippen LogP contribution in [0.2, 0.25) is 0 Å². The first-order valence-corrected chi connectivity index (χ1v) is 8.24. The van der Waals surface area contributed by atoms with E-state index in [-0.39, 0.29) is 0 Å². The van der Waals surface area contributed by atoms with Crippen molar-refractivity contribution in [2.45, 2.75) is 19.9 Å². The summed E-state index contributed by atoms with van der Waals surface area (Å²) in [5, 5.41) is 4.81. The first-order valence-electron chi connectivity index (χ1n) is 8.24. The molecule has 1 aliphatic heterocycles. The predicted molar refractivity (Wildman–Crippen MR) is 95.2 cm³/mol. The van der Waals surface area contributed by atoms with Crippen LogP contribution in [-0.2, 0) is 13.0 Å². The molecule has 4 rings (SSSR count). The zero-order valence-electron chi connectivity index (χ0n) is 13.7. The molecular formula is C20H22N2O. The van der Waals surface area contributed by atoms with Crippen LogP contribution in [-0.4, -0.2) is 24.8 Å². The molecule has 1 N–H and O–H groups in total. The lowest BCUT2D eigenvalue weighted by molar-refractivity contribution is 0.414. The SMILES string of the molecule is COc1ccc(-c2ccc3c(c2)cc2n3CCNCC2)c(C)c1. The second kappa shape index (κ2) is 5.74. The number of aromatic nitrogens is 1. The van der Waals surface area contributed by atoms with Gasteiger partial charge in [0.2, 0.25) is 0 Å². The molecule has 0 aliphatic carbocycles. The quantitative estimate of drug-likeness (QED) is 0.780. The van der Waals surface area contributed by atoms with E-state index in [2.05, 4.69) is 53.2 Å². The molecule has 0 saturated carbocycles. The lowest BCUT2D eigenvalue weighted by Crippen LogP contribution is -2.17. The first-order chi connectivity index (χ1) is 11.3. The van der Waals surface area contributed by atoms with Gasteiger partial charge in [0, 0.05) is 42.7 Å². The minimum atomic E-state index is 0.912. The maximum absolute atomic E-state index is 5.31. The molecule has 0 unspecified atom stereocenters. The summed E-state index contributed by atoms with van der Waals surface area (Å²) in [6.45, 7) is 5.32. The van der Waals surface area contributed by atoms with Gasteiger partial charge < -0.3 is 14.6 Å². The summed E-state index contributed by atoms with van der Waals surface area (Å²) in [5.41, 5.74) is 6.58. The van der Waals surface area contributed by atoms with Crippen molar-refractivity contribution in [3.63, 3.8) is 0 Å². The van der Waals surface area contributed by atoms with Crippen LogP contribution < -0.4 is 10.1 Å². The van der Waals surface area contributed by atoms with Gasteiger partial charge in [-0.1, -0.05) is 12.1 Å². The lowest BCUT2D eigenvalue weighted by atomic mass is 9.99. The number of benzene rings is 2. The summed E-state index contributed by atoms with van der Waals surface area (Å²) in [6, 6.07) is 15.5. The maximum Gasteiger partial charge on any atom is 0.119 e. The van der Waals surface area contributed by atoms with Gasteiger partial charge in [-0.05, 0) is 53.9 Å². The molecule has 0 amide bonds. The second-order valence-corrected chi connectivity index (χ2v) is 6.24. The molecule has 3 aromatic rings. The summed E-state index contributed by atoms with van der Waals surface area (Å²) in [5.74, 6) is 0.912. The van der Waals surface area contributed by atoms with Gasteiger partial charge in [0.05, 0.1) is 7.11 Å². The Morgan fingerprint density at radius 2 is 1.96 bits per heavy atom. The van der Waals surface area contributed by atoms with E-state index in [0.29, 0.717) is 0 Å². The van der Waals surface area contributed by atoms with Crippen LogP contribution in [0.1, 0.15) is 11.3 Å². The molecule has 2 aromatic carbocycles. The standard InChI is InChI=1S/C20H22N2O/c1-14-11-18(23-2)4-5-19(14)15-3-6-20-16(12-15)13-17-7-8-21-9-10-22(17)20/h3-6,11-13,21H,7-10H2,1-2H3. The van der Waals surface area contributed by atoms with E-state index in [1.807, 2.05) is 6.07 Å². The van der Waals surface area contributed by atoms with Gasteiger partial charge in [-0.2, -0.15) is 0 Å². The Kier molecular flexibility index (Phi) is 3.58. The number of nitrogens with zero attached hydrogens (tertiary/aromatic N) is 1. The highest BCUT2D eigenvalue weighted by atomic mass is 16.5. The minimum absolute atomic E-state index is 0.912. The van der Waals surface area contributed by atoms with Crippen LogP contribution in [0.4, 0.5) is 0 Å². The van der Waals surface area contributed by atoms with Gasteiger partial charge in [0.1, 0.15) is 5.75 Å². The molecule has 118 valence electrons. The van der Waals surface area contributed by atoms with Crippen molar-refractivity contribution < 1.29 is 4.74 Å². The Hall–Kier alpha value is -2.26. The smallest absolute Gasteiger partial charge is 0.119 e. The Morgan fingerprint density at radius 3 is 2.78 bits per heavy atom. The van der Waals surface area contributed by atoms with E-state index in [9.17, 15) is 0 Å². The van der Waals surface area contributed by atoms with Crippen LogP contribution >= 0.6 is 0 Å². The number of rotatable bonds is 2. The third-order valence-electron chi connectivity index (χ3n) is 4.80. The molecule has 23 heavy (non-hydrogen) atoms. The highest BCUT2D eigenvalue weighted by molar-refractivity contribution is 5.87. The summed E-state index contributed by atoms with van der Waals surface area (Å²) in [4.78, 5) is 0. The zero-order chi connectivity index (χ0) is 15.8. The molecule has 0 fully saturated rings. The Labute approximate surface area is 136 Å². The van der Waals surface area contributed by atoms with E-state index in [4.69, 9.17) is 4.74 Å². The third-order valence-corrected chi connectivity index (χ3v) is 4.80. The molecule has 3 heteroatoms. The molecule has 0 atom stereocenters. The van der Waals surface area contributed by atoms with Crippen molar-refractivity contribution in [2.75, 3.05) is 20.2 Å². The summed E-state index contributed by atoms with van der Waals surface area (Å²) in [6.07, 6.45) is 1.10.